The van der Waals surface area contributed by atoms with Gasteiger partial charge in [-0.05, 0) is 17.2 Å². The van der Waals surface area contributed by atoms with Gasteiger partial charge in [-0.25, -0.2) is 4.39 Å². The third-order valence-electron chi connectivity index (χ3n) is 2.51. The van der Waals surface area contributed by atoms with Gasteiger partial charge in [-0.1, -0.05) is 12.1 Å². The van der Waals surface area contributed by atoms with Crippen LogP contribution in [-0.2, 0) is 16.0 Å². The quantitative estimate of drug-likeness (QED) is 0.593. The van der Waals surface area contributed by atoms with Crippen molar-refractivity contribution in [2.45, 2.75) is 25.0 Å². The van der Waals surface area contributed by atoms with Gasteiger partial charge in [0.15, 0.2) is 0 Å². The lowest BCUT2D eigenvalue weighted by Crippen LogP contribution is -2.22. The van der Waals surface area contributed by atoms with Crippen LogP contribution < -0.4 is 0 Å². The third kappa shape index (κ3) is 4.31. The number of carboxylic acids is 2. The molecule has 1 rings (SSSR count). The smallest absolute Gasteiger partial charge is 0.307 e. The van der Waals surface area contributed by atoms with Gasteiger partial charge in [0, 0.05) is 0 Å². The van der Waals surface area contributed by atoms with Crippen molar-refractivity contribution in [3.8, 4) is 0 Å². The zero-order valence-electron chi connectivity index (χ0n) is 9.78. The normalized spacial score (nSPS) is 13.8. The zero-order valence-corrected chi connectivity index (χ0v) is 9.78. The molecule has 0 amide bonds. The van der Waals surface area contributed by atoms with Gasteiger partial charge in [-0.2, -0.15) is 0 Å². The van der Waals surface area contributed by atoms with Gasteiger partial charge in [0.25, 0.3) is 0 Å². The van der Waals surface area contributed by atoms with E-state index >= 15 is 0 Å². The number of hydrogen-bond donors (Lipinski definition) is 4. The molecule has 0 saturated heterocycles. The summed E-state index contributed by atoms with van der Waals surface area (Å²) in [6, 6.07) is 3.31. The van der Waals surface area contributed by atoms with Gasteiger partial charge in [0.05, 0.1) is 18.9 Å². The summed E-state index contributed by atoms with van der Waals surface area (Å²) in [6.45, 7) is 0. The number of aliphatic hydroxyl groups excluding tert-OH is 2. The van der Waals surface area contributed by atoms with E-state index in [-0.39, 0.29) is 11.1 Å². The van der Waals surface area contributed by atoms with Crippen LogP contribution in [0.2, 0.25) is 0 Å². The van der Waals surface area contributed by atoms with Crippen LogP contribution in [0.25, 0.3) is 0 Å². The highest BCUT2D eigenvalue weighted by molar-refractivity contribution is 5.70. The lowest BCUT2D eigenvalue weighted by atomic mass is 9.99. The Bertz CT molecular complexity index is 487. The molecule has 0 spiro atoms. The van der Waals surface area contributed by atoms with Crippen molar-refractivity contribution in [3.63, 3.8) is 0 Å². The van der Waals surface area contributed by atoms with Gasteiger partial charge in [0.1, 0.15) is 11.9 Å². The van der Waals surface area contributed by atoms with Gasteiger partial charge >= 0.3 is 11.9 Å². The molecule has 0 bridgehead atoms. The minimum atomic E-state index is -1.57. The number of carboxylic acid groups (broad SMARTS) is 2. The Hall–Kier alpha value is -1.99. The van der Waals surface area contributed by atoms with Crippen LogP contribution in [0.15, 0.2) is 18.2 Å². The van der Waals surface area contributed by atoms with E-state index in [1.807, 2.05) is 0 Å². The van der Waals surface area contributed by atoms with E-state index in [4.69, 9.17) is 10.2 Å². The Morgan fingerprint density at radius 3 is 2.26 bits per heavy atom. The first kappa shape index (κ1) is 15.1. The molecule has 0 aliphatic heterocycles. The molecule has 0 fully saturated rings. The fourth-order valence-electron chi connectivity index (χ4n) is 1.57. The van der Waals surface area contributed by atoms with Crippen LogP contribution in [-0.4, -0.2) is 38.5 Å². The molecule has 1 aromatic carbocycles. The minimum absolute atomic E-state index is 0.0135. The topological polar surface area (TPSA) is 115 Å². The molecule has 1 aromatic rings. The van der Waals surface area contributed by atoms with E-state index in [9.17, 15) is 24.2 Å². The standard InChI is InChI=1S/C12H13FO6/c13-8-3-7(2-1-6(8)4-10(15)16)12(19)9(14)5-11(17)18/h1-3,9,12,14,19H,4-5H2,(H,15,16)(H,17,18). The van der Waals surface area contributed by atoms with E-state index in [1.54, 1.807) is 0 Å². The maximum absolute atomic E-state index is 13.5. The van der Waals surface area contributed by atoms with Crippen LogP contribution >= 0.6 is 0 Å². The molecule has 104 valence electrons. The van der Waals surface area contributed by atoms with Crippen LogP contribution in [0.5, 0.6) is 0 Å². The minimum Gasteiger partial charge on any atom is -0.481 e. The molecule has 6 nitrogen and oxygen atoms in total. The van der Waals surface area contributed by atoms with Crippen LogP contribution in [0.3, 0.4) is 0 Å². The van der Waals surface area contributed by atoms with Crippen LogP contribution in [0, 0.1) is 5.82 Å². The number of benzene rings is 1. The Kier molecular flexibility index (Phi) is 4.96. The van der Waals surface area contributed by atoms with Crippen LogP contribution in [0.4, 0.5) is 4.39 Å². The van der Waals surface area contributed by atoms with Crippen molar-refractivity contribution in [3.05, 3.63) is 35.1 Å². The molecule has 0 aliphatic carbocycles. The summed E-state index contributed by atoms with van der Waals surface area (Å²) in [6.07, 6.45) is -4.30. The first-order valence-corrected chi connectivity index (χ1v) is 5.39. The predicted octanol–water partition coefficient (Wildman–Crippen LogP) is 0.322. The Morgan fingerprint density at radius 2 is 1.79 bits per heavy atom. The van der Waals surface area contributed by atoms with Gasteiger partial charge in [-0.15, -0.1) is 0 Å². The third-order valence-corrected chi connectivity index (χ3v) is 2.51. The largest absolute Gasteiger partial charge is 0.481 e. The number of halogens is 1. The Morgan fingerprint density at radius 1 is 1.16 bits per heavy atom. The van der Waals surface area contributed by atoms with E-state index in [2.05, 4.69) is 0 Å². The zero-order chi connectivity index (χ0) is 14.6. The van der Waals surface area contributed by atoms with Crippen molar-refractivity contribution in [2.75, 3.05) is 0 Å². The molecule has 4 N–H and O–H groups in total. The molecule has 2 unspecified atom stereocenters. The highest BCUT2D eigenvalue weighted by atomic mass is 19.1. The number of hydrogen-bond acceptors (Lipinski definition) is 4. The highest BCUT2D eigenvalue weighted by Gasteiger charge is 2.22. The maximum Gasteiger partial charge on any atom is 0.307 e. The summed E-state index contributed by atoms with van der Waals surface area (Å²) in [5.41, 5.74) is -0.0726. The fourth-order valence-corrected chi connectivity index (χ4v) is 1.57. The second-order valence-electron chi connectivity index (χ2n) is 4.03. The molecule has 0 aromatic heterocycles. The summed E-state index contributed by atoms with van der Waals surface area (Å²) in [7, 11) is 0. The monoisotopic (exact) mass is 272 g/mol. The second kappa shape index (κ2) is 6.26. The molecule has 7 heteroatoms. The van der Waals surface area contributed by atoms with Gasteiger partial charge in [0.2, 0.25) is 0 Å². The SMILES string of the molecule is O=C(O)Cc1ccc(C(O)C(O)CC(=O)O)cc1F. The molecule has 19 heavy (non-hydrogen) atoms. The molecule has 2 atom stereocenters. The molecule has 0 heterocycles. The first-order valence-electron chi connectivity index (χ1n) is 5.39. The first-order chi connectivity index (χ1) is 8.81. The molecular weight excluding hydrogens is 259 g/mol. The number of carbonyl (C=O) groups is 2. The molecular formula is C12H13FO6. The fraction of sp³-hybridized carbons (Fsp3) is 0.333. The molecule has 0 aliphatic rings. The second-order valence-corrected chi connectivity index (χ2v) is 4.03. The lowest BCUT2D eigenvalue weighted by molar-refractivity contribution is -0.141. The summed E-state index contributed by atoms with van der Waals surface area (Å²) >= 11 is 0. The van der Waals surface area contributed by atoms with Crippen LogP contribution in [0.1, 0.15) is 23.7 Å². The maximum atomic E-state index is 13.5. The van der Waals surface area contributed by atoms with Crippen molar-refractivity contribution in [1.82, 2.24) is 0 Å². The van der Waals surface area contributed by atoms with E-state index < -0.39 is 42.8 Å². The molecule has 0 saturated carbocycles. The van der Waals surface area contributed by atoms with E-state index in [0.717, 1.165) is 6.07 Å². The van der Waals surface area contributed by atoms with Crippen molar-refractivity contribution in [1.29, 1.82) is 0 Å². The number of aliphatic hydroxyl groups is 2. The molecule has 0 radical (unpaired) electrons. The Balaban J connectivity index is 2.87. The average molecular weight is 272 g/mol. The van der Waals surface area contributed by atoms with Crippen molar-refractivity contribution in [2.24, 2.45) is 0 Å². The number of aliphatic carboxylic acids is 2. The van der Waals surface area contributed by atoms with Gasteiger partial charge < -0.3 is 20.4 Å². The lowest BCUT2D eigenvalue weighted by Gasteiger charge is -2.17. The van der Waals surface area contributed by atoms with Crippen molar-refractivity contribution < 1.29 is 34.4 Å². The highest BCUT2D eigenvalue weighted by Crippen LogP contribution is 2.21. The average Bonchev–Trinajstić information content (AvgIpc) is 2.29. The summed E-state index contributed by atoms with van der Waals surface area (Å²) < 4.78 is 13.5. The van der Waals surface area contributed by atoms with Crippen molar-refractivity contribution >= 4 is 11.9 Å². The Labute approximate surface area is 107 Å². The van der Waals surface area contributed by atoms with Gasteiger partial charge in [-0.3, -0.25) is 9.59 Å². The van der Waals surface area contributed by atoms with E-state index in [1.165, 1.54) is 12.1 Å². The van der Waals surface area contributed by atoms with E-state index in [0.29, 0.717) is 0 Å². The number of rotatable bonds is 6. The summed E-state index contributed by atoms with van der Waals surface area (Å²) in [5, 5.41) is 36.0. The summed E-state index contributed by atoms with van der Waals surface area (Å²) in [5.74, 6) is -3.32. The predicted molar refractivity (Wildman–Crippen MR) is 61.0 cm³/mol. The summed E-state index contributed by atoms with van der Waals surface area (Å²) in [4.78, 5) is 20.8.